The number of esters is 1. The van der Waals surface area contributed by atoms with Crippen LogP contribution in [0.3, 0.4) is 0 Å². The fourth-order valence-electron chi connectivity index (χ4n) is 3.23. The Morgan fingerprint density at radius 1 is 1.19 bits per heavy atom. The summed E-state index contributed by atoms with van der Waals surface area (Å²) in [4.78, 5) is 27.6. The van der Waals surface area contributed by atoms with Gasteiger partial charge in [0.15, 0.2) is 0 Å². The van der Waals surface area contributed by atoms with Crippen molar-refractivity contribution in [1.82, 2.24) is 10.3 Å². The first-order valence-electron chi connectivity index (χ1n) is 9.29. The van der Waals surface area contributed by atoms with Gasteiger partial charge in [0.05, 0.1) is 12.7 Å². The predicted octanol–water partition coefficient (Wildman–Crippen LogP) is 3.88. The van der Waals surface area contributed by atoms with Crippen molar-refractivity contribution < 1.29 is 19.1 Å². The normalized spacial score (nSPS) is 20.3. The first kappa shape index (κ1) is 20.2. The zero-order chi connectivity index (χ0) is 19.2. The van der Waals surface area contributed by atoms with E-state index in [0.717, 1.165) is 44.2 Å². The summed E-state index contributed by atoms with van der Waals surface area (Å²) >= 11 is 0. The van der Waals surface area contributed by atoms with Crippen LogP contribution in [0, 0.1) is 5.92 Å². The summed E-state index contributed by atoms with van der Waals surface area (Å²) in [6, 6.07) is 3.86. The van der Waals surface area contributed by atoms with Crippen molar-refractivity contribution in [2.24, 2.45) is 5.92 Å². The molecule has 1 fully saturated rings. The number of alkyl carbamates (subject to hydrolysis) is 1. The quantitative estimate of drug-likeness (QED) is 0.804. The number of pyridine rings is 1. The SMILES string of the molecule is COC(=O)c1ccc(CCC2CCC(NC(=O)OC(C)(C)C)CC2)nc1. The maximum absolute atomic E-state index is 11.8. The number of rotatable bonds is 5. The molecular weight excluding hydrogens is 332 g/mol. The van der Waals surface area contributed by atoms with Gasteiger partial charge in [-0.2, -0.15) is 0 Å². The van der Waals surface area contributed by atoms with E-state index in [-0.39, 0.29) is 18.1 Å². The highest BCUT2D eigenvalue weighted by molar-refractivity contribution is 5.88. The lowest BCUT2D eigenvalue weighted by Crippen LogP contribution is -2.40. The molecule has 0 bridgehead atoms. The van der Waals surface area contributed by atoms with Gasteiger partial charge in [-0.05, 0) is 77.3 Å². The Labute approximate surface area is 155 Å². The van der Waals surface area contributed by atoms with Gasteiger partial charge in [0.25, 0.3) is 0 Å². The molecule has 0 radical (unpaired) electrons. The number of hydrogen-bond acceptors (Lipinski definition) is 5. The molecule has 1 aromatic rings. The van der Waals surface area contributed by atoms with Crippen LogP contribution in [0.5, 0.6) is 0 Å². The number of methoxy groups -OCH3 is 1. The van der Waals surface area contributed by atoms with E-state index < -0.39 is 5.60 Å². The number of hydrogen-bond donors (Lipinski definition) is 1. The van der Waals surface area contributed by atoms with Gasteiger partial charge < -0.3 is 14.8 Å². The van der Waals surface area contributed by atoms with Crippen LogP contribution in [0.4, 0.5) is 4.79 Å². The number of aryl methyl sites for hydroxylation is 1. The maximum Gasteiger partial charge on any atom is 0.407 e. The van der Waals surface area contributed by atoms with E-state index in [1.54, 1.807) is 12.3 Å². The third-order valence-corrected chi connectivity index (χ3v) is 4.62. The number of amides is 1. The first-order chi connectivity index (χ1) is 12.3. The van der Waals surface area contributed by atoms with E-state index in [1.807, 2.05) is 26.8 Å². The van der Waals surface area contributed by atoms with Gasteiger partial charge >= 0.3 is 12.1 Å². The molecule has 1 N–H and O–H groups in total. The van der Waals surface area contributed by atoms with Crippen LogP contribution in [0.2, 0.25) is 0 Å². The Kier molecular flexibility index (Phi) is 7.00. The molecule has 6 heteroatoms. The predicted molar refractivity (Wildman–Crippen MR) is 99.0 cm³/mol. The number of carbonyl (C=O) groups is 2. The molecule has 0 saturated heterocycles. The summed E-state index contributed by atoms with van der Waals surface area (Å²) in [5.74, 6) is 0.286. The Morgan fingerprint density at radius 3 is 2.42 bits per heavy atom. The van der Waals surface area contributed by atoms with Gasteiger partial charge in [-0.25, -0.2) is 9.59 Å². The van der Waals surface area contributed by atoms with Gasteiger partial charge in [-0.3, -0.25) is 4.98 Å². The Bertz CT molecular complexity index is 599. The van der Waals surface area contributed by atoms with Gasteiger partial charge in [0.1, 0.15) is 5.60 Å². The fraction of sp³-hybridized carbons (Fsp3) is 0.650. The van der Waals surface area contributed by atoms with E-state index in [0.29, 0.717) is 11.5 Å². The minimum atomic E-state index is -0.461. The zero-order valence-corrected chi connectivity index (χ0v) is 16.2. The van der Waals surface area contributed by atoms with Crippen LogP contribution in [0.15, 0.2) is 18.3 Å². The number of nitrogens with one attached hydrogen (secondary N) is 1. The van der Waals surface area contributed by atoms with E-state index in [4.69, 9.17) is 4.74 Å². The molecule has 0 aromatic carbocycles. The van der Waals surface area contributed by atoms with Crippen molar-refractivity contribution in [3.8, 4) is 0 Å². The molecule has 1 aliphatic carbocycles. The highest BCUT2D eigenvalue weighted by Gasteiger charge is 2.24. The molecule has 0 unspecified atom stereocenters. The zero-order valence-electron chi connectivity index (χ0n) is 16.2. The minimum absolute atomic E-state index is 0.207. The molecule has 144 valence electrons. The van der Waals surface area contributed by atoms with Gasteiger partial charge in [0.2, 0.25) is 0 Å². The molecule has 2 rings (SSSR count). The molecule has 6 nitrogen and oxygen atoms in total. The smallest absolute Gasteiger partial charge is 0.407 e. The van der Waals surface area contributed by atoms with Crippen LogP contribution >= 0.6 is 0 Å². The van der Waals surface area contributed by atoms with Crippen molar-refractivity contribution in [1.29, 1.82) is 0 Å². The largest absolute Gasteiger partial charge is 0.465 e. The van der Waals surface area contributed by atoms with E-state index >= 15 is 0 Å². The lowest BCUT2D eigenvalue weighted by molar-refractivity contribution is 0.0486. The van der Waals surface area contributed by atoms with Crippen LogP contribution in [0.25, 0.3) is 0 Å². The summed E-state index contributed by atoms with van der Waals surface area (Å²) in [6.45, 7) is 5.61. The number of nitrogens with zero attached hydrogens (tertiary/aromatic N) is 1. The molecular formula is C20H30N2O4. The van der Waals surface area contributed by atoms with Gasteiger partial charge in [-0.1, -0.05) is 0 Å². The molecule has 1 amide bonds. The second kappa shape index (κ2) is 9.01. The van der Waals surface area contributed by atoms with Crippen LogP contribution < -0.4 is 5.32 Å². The maximum atomic E-state index is 11.8. The minimum Gasteiger partial charge on any atom is -0.465 e. The summed E-state index contributed by atoms with van der Waals surface area (Å²) in [5, 5.41) is 2.97. The molecule has 1 aromatic heterocycles. The average Bonchev–Trinajstić information content (AvgIpc) is 2.59. The van der Waals surface area contributed by atoms with Crippen molar-refractivity contribution in [3.63, 3.8) is 0 Å². The number of ether oxygens (including phenoxy) is 2. The topological polar surface area (TPSA) is 77.5 Å². The molecule has 1 heterocycles. The van der Waals surface area contributed by atoms with Crippen LogP contribution in [-0.2, 0) is 15.9 Å². The summed E-state index contributed by atoms with van der Waals surface area (Å²) in [6.07, 6.45) is 7.39. The van der Waals surface area contributed by atoms with Gasteiger partial charge in [0, 0.05) is 17.9 Å². The van der Waals surface area contributed by atoms with Crippen molar-refractivity contribution in [2.75, 3.05) is 7.11 Å². The van der Waals surface area contributed by atoms with E-state index in [2.05, 4.69) is 15.0 Å². The third kappa shape index (κ3) is 6.65. The molecule has 1 saturated carbocycles. The summed E-state index contributed by atoms with van der Waals surface area (Å²) in [5.41, 5.74) is 1.01. The standard InChI is InChI=1S/C20H30N2O4/c1-20(2,3)26-19(24)22-17-10-6-14(7-11-17)5-9-16-12-8-15(13-21-16)18(23)25-4/h8,12-14,17H,5-7,9-11H2,1-4H3,(H,22,24). The van der Waals surface area contributed by atoms with Crippen molar-refractivity contribution in [3.05, 3.63) is 29.6 Å². The molecule has 26 heavy (non-hydrogen) atoms. The first-order valence-corrected chi connectivity index (χ1v) is 9.29. The third-order valence-electron chi connectivity index (χ3n) is 4.62. The fourth-order valence-corrected chi connectivity index (χ4v) is 3.23. The second-order valence-corrected chi connectivity index (χ2v) is 7.93. The molecule has 0 spiro atoms. The highest BCUT2D eigenvalue weighted by atomic mass is 16.6. The van der Waals surface area contributed by atoms with E-state index in [9.17, 15) is 9.59 Å². The van der Waals surface area contributed by atoms with Crippen LogP contribution in [-0.4, -0.2) is 35.8 Å². The van der Waals surface area contributed by atoms with Crippen molar-refractivity contribution in [2.45, 2.75) is 70.9 Å². The monoisotopic (exact) mass is 362 g/mol. The lowest BCUT2D eigenvalue weighted by Gasteiger charge is -2.30. The van der Waals surface area contributed by atoms with Crippen LogP contribution in [0.1, 0.15) is 68.9 Å². The average molecular weight is 362 g/mol. The summed E-state index contributed by atoms with van der Waals surface area (Å²) < 4.78 is 9.99. The second-order valence-electron chi connectivity index (χ2n) is 7.93. The Hall–Kier alpha value is -2.11. The van der Waals surface area contributed by atoms with Crippen molar-refractivity contribution >= 4 is 12.1 Å². The van der Waals surface area contributed by atoms with E-state index in [1.165, 1.54) is 7.11 Å². The number of carbonyl (C=O) groups excluding carboxylic acids is 2. The number of aromatic nitrogens is 1. The lowest BCUT2D eigenvalue weighted by atomic mass is 9.83. The Balaban J connectivity index is 1.70. The summed E-state index contributed by atoms with van der Waals surface area (Å²) in [7, 11) is 1.37. The highest BCUT2D eigenvalue weighted by Crippen LogP contribution is 2.28. The Morgan fingerprint density at radius 2 is 1.88 bits per heavy atom. The molecule has 0 aliphatic heterocycles. The van der Waals surface area contributed by atoms with Gasteiger partial charge in [-0.15, -0.1) is 0 Å². The molecule has 1 aliphatic rings. The molecule has 0 atom stereocenters.